The molecule has 0 saturated carbocycles. The predicted molar refractivity (Wildman–Crippen MR) is 160 cm³/mol. The lowest BCUT2D eigenvalue weighted by Gasteiger charge is -2.30. The summed E-state index contributed by atoms with van der Waals surface area (Å²) in [5.41, 5.74) is 3.98. The Morgan fingerprint density at radius 2 is 2.02 bits per heavy atom. The van der Waals surface area contributed by atoms with Gasteiger partial charge in [0.25, 0.3) is 5.91 Å². The third-order valence-corrected chi connectivity index (χ3v) is 7.71. The Hall–Kier alpha value is -3.98. The minimum Gasteiger partial charge on any atom is -0.491 e. The van der Waals surface area contributed by atoms with Crippen LogP contribution in [0.3, 0.4) is 0 Å². The summed E-state index contributed by atoms with van der Waals surface area (Å²) >= 11 is 1.44. The highest BCUT2D eigenvalue weighted by molar-refractivity contribution is 7.98. The summed E-state index contributed by atoms with van der Waals surface area (Å²) < 4.78 is 5.59. The van der Waals surface area contributed by atoms with E-state index in [0.29, 0.717) is 27.8 Å². The number of anilines is 1. The maximum Gasteiger partial charge on any atom is 0.269 e. The zero-order valence-corrected chi connectivity index (χ0v) is 24.0. The zero-order chi connectivity index (χ0) is 29.2. The molecule has 1 amide bonds. The summed E-state index contributed by atoms with van der Waals surface area (Å²) in [6.45, 7) is 1.32. The van der Waals surface area contributed by atoms with Gasteiger partial charge in [0.05, 0.1) is 12.2 Å². The molecule has 0 bridgehead atoms. The number of nitriles is 1. The lowest BCUT2D eigenvalue weighted by molar-refractivity contribution is 0.0536. The van der Waals surface area contributed by atoms with Gasteiger partial charge in [0.15, 0.2) is 0 Å². The third-order valence-electron chi connectivity index (χ3n) is 6.66. The Morgan fingerprint density at radius 3 is 2.68 bits per heavy atom. The maximum absolute atomic E-state index is 12.1. The van der Waals surface area contributed by atoms with Crippen LogP contribution in [-0.2, 0) is 5.75 Å². The molecule has 1 atom stereocenters. The molecule has 3 heterocycles. The van der Waals surface area contributed by atoms with Crippen LogP contribution in [0.5, 0.6) is 5.75 Å². The summed E-state index contributed by atoms with van der Waals surface area (Å²) in [6.07, 6.45) is 5.70. The van der Waals surface area contributed by atoms with Crippen LogP contribution in [0.15, 0.2) is 52.6 Å². The van der Waals surface area contributed by atoms with Gasteiger partial charge < -0.3 is 25.2 Å². The summed E-state index contributed by atoms with van der Waals surface area (Å²) in [5.74, 6) is 1.56. The number of amides is 1. The number of aliphatic hydroxyl groups is 2. The number of nitrogens with one attached hydrogen (secondary N) is 1. The molecule has 4 rings (SSSR count). The molecule has 11 heteroatoms. The van der Waals surface area contributed by atoms with Crippen LogP contribution in [0.4, 0.5) is 5.82 Å². The van der Waals surface area contributed by atoms with Crippen LogP contribution in [0.25, 0.3) is 11.1 Å². The van der Waals surface area contributed by atoms with E-state index in [2.05, 4.69) is 26.3 Å². The smallest absolute Gasteiger partial charge is 0.269 e. The van der Waals surface area contributed by atoms with Gasteiger partial charge in [-0.15, -0.1) is 11.8 Å². The molecule has 1 aromatic carbocycles. The monoisotopic (exact) mass is 574 g/mol. The van der Waals surface area contributed by atoms with Gasteiger partial charge in [-0.3, -0.25) is 14.8 Å². The molecule has 0 radical (unpaired) electrons. The molecule has 1 saturated heterocycles. The first-order valence-corrected chi connectivity index (χ1v) is 14.4. The molecule has 2 aromatic heterocycles. The van der Waals surface area contributed by atoms with Gasteiger partial charge in [0.2, 0.25) is 0 Å². The van der Waals surface area contributed by atoms with E-state index in [4.69, 9.17) is 14.8 Å². The number of aliphatic imine (C=N–C) groups is 1. The quantitative estimate of drug-likeness (QED) is 0.232. The number of hydrogen-bond acceptors (Lipinski definition) is 10. The van der Waals surface area contributed by atoms with Gasteiger partial charge in [-0.2, -0.15) is 5.26 Å². The second-order valence-electron chi connectivity index (χ2n) is 9.54. The molecule has 3 N–H and O–H groups in total. The van der Waals surface area contributed by atoms with Crippen molar-refractivity contribution in [1.82, 2.24) is 15.3 Å². The third kappa shape index (κ3) is 7.41. The van der Waals surface area contributed by atoms with Gasteiger partial charge in [-0.05, 0) is 54.7 Å². The van der Waals surface area contributed by atoms with Crippen molar-refractivity contribution < 1.29 is 19.7 Å². The number of aliphatic hydroxyl groups excluding tert-OH is 2. The van der Waals surface area contributed by atoms with Crippen molar-refractivity contribution in [3.63, 3.8) is 0 Å². The Labute approximate surface area is 244 Å². The fourth-order valence-corrected chi connectivity index (χ4v) is 5.53. The number of thioether (sulfide) groups is 1. The number of nitrogens with zero attached hydrogens (tertiary/aromatic N) is 5. The molecular weight excluding hydrogens is 540 g/mol. The Balaban J connectivity index is 1.78. The number of benzene rings is 1. The van der Waals surface area contributed by atoms with Crippen molar-refractivity contribution in [1.29, 1.82) is 5.26 Å². The van der Waals surface area contributed by atoms with Gasteiger partial charge in [-0.25, -0.2) is 4.98 Å². The number of carbonyl (C=O) groups excluding carboxylic acids is 1. The predicted octanol–water partition coefficient (Wildman–Crippen LogP) is 3.44. The summed E-state index contributed by atoms with van der Waals surface area (Å²) in [5, 5.41) is 32.3. The average Bonchev–Trinajstić information content (AvgIpc) is 3.03. The van der Waals surface area contributed by atoms with Crippen molar-refractivity contribution in [2.45, 2.75) is 36.1 Å². The van der Waals surface area contributed by atoms with Crippen LogP contribution in [0, 0.1) is 11.3 Å². The van der Waals surface area contributed by atoms with E-state index in [1.165, 1.54) is 18.2 Å². The number of pyridine rings is 2. The Kier molecular flexibility index (Phi) is 10.7. The van der Waals surface area contributed by atoms with Crippen molar-refractivity contribution in [2.75, 3.05) is 45.3 Å². The molecule has 3 aromatic rings. The Bertz CT molecular complexity index is 1420. The molecule has 41 heavy (non-hydrogen) atoms. The van der Waals surface area contributed by atoms with E-state index in [1.807, 2.05) is 18.2 Å². The van der Waals surface area contributed by atoms with Crippen LogP contribution in [0.2, 0.25) is 0 Å². The van der Waals surface area contributed by atoms with E-state index < -0.39 is 6.10 Å². The SMILES string of the molecule is CN=Cc1c(N2CCCCC2)nc(SCc2ccnc(C(=O)NC)c2)c(C#N)c1-c1ccc(OCC(O)CO)cc1. The van der Waals surface area contributed by atoms with Crippen molar-refractivity contribution in [2.24, 2.45) is 4.99 Å². The molecule has 10 nitrogen and oxygen atoms in total. The fourth-order valence-electron chi connectivity index (χ4n) is 4.60. The fraction of sp³-hybridized carbons (Fsp3) is 0.367. The Morgan fingerprint density at radius 1 is 1.27 bits per heavy atom. The number of hydrogen-bond donors (Lipinski definition) is 3. The molecule has 0 spiro atoms. The van der Waals surface area contributed by atoms with Crippen LogP contribution in [-0.4, -0.2) is 78.8 Å². The zero-order valence-electron chi connectivity index (χ0n) is 23.2. The first kappa shape index (κ1) is 30.0. The number of ether oxygens (including phenoxy) is 1. The van der Waals surface area contributed by atoms with Gasteiger partial charge in [-0.1, -0.05) is 12.1 Å². The highest BCUT2D eigenvalue weighted by Gasteiger charge is 2.25. The standard InChI is InChI=1S/C30H34N6O4S/c1-32-16-25-27(21-6-8-23(9-7-21)40-18-22(38)17-37)24(15-31)30(35-28(25)36-12-4-3-5-13-36)41-19-20-10-11-34-26(14-20)29(39)33-2/h6-11,14,16,22,37-38H,3-5,12-13,17-19H2,1-2H3,(H,33,39). The summed E-state index contributed by atoms with van der Waals surface area (Å²) in [4.78, 5) is 27.9. The minimum absolute atomic E-state index is 0.0289. The van der Waals surface area contributed by atoms with E-state index >= 15 is 0 Å². The number of aromatic nitrogens is 2. The second-order valence-corrected chi connectivity index (χ2v) is 10.5. The largest absolute Gasteiger partial charge is 0.491 e. The lowest BCUT2D eigenvalue weighted by atomic mass is 9.95. The molecule has 1 aliphatic rings. The molecule has 1 fully saturated rings. The summed E-state index contributed by atoms with van der Waals surface area (Å²) in [6, 6.07) is 13.3. The van der Waals surface area contributed by atoms with Crippen molar-refractivity contribution in [3.05, 3.63) is 65.0 Å². The average molecular weight is 575 g/mol. The summed E-state index contributed by atoms with van der Waals surface area (Å²) in [7, 11) is 3.27. The molecule has 0 aliphatic carbocycles. The van der Waals surface area contributed by atoms with Gasteiger partial charge in [0, 0.05) is 56.5 Å². The first-order chi connectivity index (χ1) is 20.0. The second kappa shape index (κ2) is 14.6. The van der Waals surface area contributed by atoms with E-state index in [0.717, 1.165) is 54.0 Å². The normalized spacial score (nSPS) is 14.1. The number of rotatable bonds is 11. The minimum atomic E-state index is -0.966. The van der Waals surface area contributed by atoms with Crippen LogP contribution >= 0.6 is 11.8 Å². The topological polar surface area (TPSA) is 144 Å². The van der Waals surface area contributed by atoms with Crippen LogP contribution < -0.4 is 15.0 Å². The van der Waals surface area contributed by atoms with Crippen LogP contribution in [0.1, 0.15) is 46.4 Å². The van der Waals surface area contributed by atoms with Crippen molar-refractivity contribution >= 4 is 29.7 Å². The van der Waals surface area contributed by atoms with Gasteiger partial charge in [0.1, 0.15) is 41.1 Å². The van der Waals surface area contributed by atoms with Gasteiger partial charge >= 0.3 is 0 Å². The number of piperidine rings is 1. The first-order valence-electron chi connectivity index (χ1n) is 13.5. The highest BCUT2D eigenvalue weighted by atomic mass is 32.2. The highest BCUT2D eigenvalue weighted by Crippen LogP contribution is 2.39. The maximum atomic E-state index is 12.1. The molecule has 1 unspecified atom stereocenters. The van der Waals surface area contributed by atoms with Crippen molar-refractivity contribution in [3.8, 4) is 22.9 Å². The molecule has 1 aliphatic heterocycles. The number of carbonyl (C=O) groups is 1. The van der Waals surface area contributed by atoms with E-state index in [9.17, 15) is 15.2 Å². The van der Waals surface area contributed by atoms with E-state index in [-0.39, 0.29) is 19.1 Å². The molecular formula is C30H34N6O4S. The lowest BCUT2D eigenvalue weighted by Crippen LogP contribution is -2.31. The van der Waals surface area contributed by atoms with E-state index in [1.54, 1.807) is 44.7 Å². The molecule has 214 valence electrons.